The zero-order chi connectivity index (χ0) is 8.55. The number of fused-ring (bicyclic) bond motifs is 1. The number of aromatic hydroxyl groups is 1. The Bertz CT molecular complexity index is 320. The van der Waals surface area contributed by atoms with Gasteiger partial charge in [0.15, 0.2) is 6.29 Å². The molecule has 0 saturated carbocycles. The molecule has 3 nitrogen and oxygen atoms in total. The molecule has 1 heterocycles. The number of benzene rings is 1. The third kappa shape index (κ3) is 0.905. The minimum atomic E-state index is -0.493. The summed E-state index contributed by atoms with van der Waals surface area (Å²) in [4.78, 5) is 10.5. The Morgan fingerprint density at radius 1 is 1.58 bits per heavy atom. The first-order chi connectivity index (χ1) is 5.83. The largest absolute Gasteiger partial charge is 0.508 e. The number of rotatable bonds is 1. The predicted molar refractivity (Wildman–Crippen MR) is 41.7 cm³/mol. The standard InChI is InChI=1S/C9H8O3/c10-4-9-6-2-1-3-8(11)7(6)5-12-9/h1-4,9,11H,5H2. The summed E-state index contributed by atoms with van der Waals surface area (Å²) in [5.74, 6) is 0.205. The second-order valence-electron chi connectivity index (χ2n) is 2.71. The second-order valence-corrected chi connectivity index (χ2v) is 2.71. The van der Waals surface area contributed by atoms with E-state index in [1.165, 1.54) is 0 Å². The highest BCUT2D eigenvalue weighted by Gasteiger charge is 2.24. The molecule has 0 fully saturated rings. The maximum absolute atomic E-state index is 10.5. The van der Waals surface area contributed by atoms with Gasteiger partial charge in [-0.05, 0) is 11.6 Å². The first kappa shape index (κ1) is 7.31. The third-order valence-corrected chi connectivity index (χ3v) is 2.02. The number of hydrogen-bond acceptors (Lipinski definition) is 3. The van der Waals surface area contributed by atoms with E-state index in [1.54, 1.807) is 18.2 Å². The molecule has 1 N–H and O–H groups in total. The molecule has 1 aromatic carbocycles. The molecule has 2 rings (SSSR count). The molecular weight excluding hydrogens is 156 g/mol. The van der Waals surface area contributed by atoms with Crippen LogP contribution in [0, 0.1) is 0 Å². The van der Waals surface area contributed by atoms with E-state index in [0.717, 1.165) is 17.4 Å². The second kappa shape index (κ2) is 2.60. The number of phenolic OH excluding ortho intramolecular Hbond substituents is 1. The number of carbonyl (C=O) groups is 1. The summed E-state index contributed by atoms with van der Waals surface area (Å²) in [6.07, 6.45) is 0.248. The lowest BCUT2D eigenvalue weighted by atomic mass is 10.1. The summed E-state index contributed by atoms with van der Waals surface area (Å²) in [5, 5.41) is 9.35. The van der Waals surface area contributed by atoms with Gasteiger partial charge in [0.2, 0.25) is 0 Å². The van der Waals surface area contributed by atoms with Crippen LogP contribution in [0.2, 0.25) is 0 Å². The third-order valence-electron chi connectivity index (χ3n) is 2.02. The van der Waals surface area contributed by atoms with E-state index in [1.807, 2.05) is 0 Å². The molecule has 1 aliphatic heterocycles. The zero-order valence-corrected chi connectivity index (χ0v) is 6.36. The number of ether oxygens (including phenoxy) is 1. The summed E-state index contributed by atoms with van der Waals surface area (Å²) in [6, 6.07) is 5.09. The first-order valence-electron chi connectivity index (χ1n) is 3.70. The number of aldehydes is 1. The highest BCUT2D eigenvalue weighted by molar-refractivity contribution is 5.63. The van der Waals surface area contributed by atoms with Crippen molar-refractivity contribution in [2.24, 2.45) is 0 Å². The Hall–Kier alpha value is -1.35. The van der Waals surface area contributed by atoms with Gasteiger partial charge in [-0.25, -0.2) is 0 Å². The van der Waals surface area contributed by atoms with Crippen LogP contribution in [-0.4, -0.2) is 11.4 Å². The maximum Gasteiger partial charge on any atom is 0.153 e. The van der Waals surface area contributed by atoms with Crippen LogP contribution in [0.25, 0.3) is 0 Å². The summed E-state index contributed by atoms with van der Waals surface area (Å²) in [5.41, 5.74) is 1.51. The van der Waals surface area contributed by atoms with E-state index in [0.29, 0.717) is 6.61 Å². The van der Waals surface area contributed by atoms with Crippen LogP contribution in [0.4, 0.5) is 0 Å². The Balaban J connectivity index is 2.52. The molecule has 0 radical (unpaired) electrons. The van der Waals surface area contributed by atoms with Gasteiger partial charge in [0.1, 0.15) is 11.9 Å². The molecule has 1 aliphatic rings. The molecule has 0 saturated heterocycles. The van der Waals surface area contributed by atoms with Crippen molar-refractivity contribution in [2.75, 3.05) is 0 Å². The molecule has 0 aliphatic carbocycles. The van der Waals surface area contributed by atoms with E-state index in [9.17, 15) is 9.90 Å². The maximum atomic E-state index is 10.5. The van der Waals surface area contributed by atoms with Crippen molar-refractivity contribution >= 4 is 6.29 Å². The van der Waals surface area contributed by atoms with Crippen molar-refractivity contribution in [3.8, 4) is 5.75 Å². The first-order valence-corrected chi connectivity index (χ1v) is 3.70. The molecule has 0 aromatic heterocycles. The van der Waals surface area contributed by atoms with Crippen molar-refractivity contribution in [1.82, 2.24) is 0 Å². The lowest BCUT2D eigenvalue weighted by Gasteiger charge is -2.01. The van der Waals surface area contributed by atoms with Crippen molar-refractivity contribution in [3.63, 3.8) is 0 Å². The molecule has 0 bridgehead atoms. The summed E-state index contributed by atoms with van der Waals surface area (Å²) < 4.78 is 5.13. The van der Waals surface area contributed by atoms with Gasteiger partial charge in [0, 0.05) is 5.56 Å². The predicted octanol–water partition coefficient (Wildman–Crippen LogP) is 1.16. The molecule has 0 spiro atoms. The van der Waals surface area contributed by atoms with Gasteiger partial charge >= 0.3 is 0 Å². The van der Waals surface area contributed by atoms with Crippen molar-refractivity contribution in [2.45, 2.75) is 12.7 Å². The van der Waals surface area contributed by atoms with Gasteiger partial charge in [-0.15, -0.1) is 0 Å². The van der Waals surface area contributed by atoms with Crippen LogP contribution in [0.5, 0.6) is 5.75 Å². The van der Waals surface area contributed by atoms with Gasteiger partial charge in [-0.3, -0.25) is 0 Å². The molecule has 1 atom stereocenters. The summed E-state index contributed by atoms with van der Waals surface area (Å²) in [7, 11) is 0. The zero-order valence-electron chi connectivity index (χ0n) is 6.36. The van der Waals surface area contributed by atoms with Crippen molar-refractivity contribution in [1.29, 1.82) is 0 Å². The number of carbonyl (C=O) groups excluding carboxylic acids is 1. The average Bonchev–Trinajstić information content (AvgIpc) is 2.49. The molecule has 1 unspecified atom stereocenters. The molecule has 62 valence electrons. The van der Waals surface area contributed by atoms with Crippen LogP contribution >= 0.6 is 0 Å². The number of phenols is 1. The monoisotopic (exact) mass is 164 g/mol. The van der Waals surface area contributed by atoms with Crippen LogP contribution in [0.1, 0.15) is 17.2 Å². The highest BCUT2D eigenvalue weighted by Crippen LogP contribution is 2.34. The minimum Gasteiger partial charge on any atom is -0.508 e. The Morgan fingerprint density at radius 3 is 3.17 bits per heavy atom. The Morgan fingerprint density at radius 2 is 2.42 bits per heavy atom. The topological polar surface area (TPSA) is 46.5 Å². The van der Waals surface area contributed by atoms with Gasteiger partial charge in [0.25, 0.3) is 0 Å². The fourth-order valence-electron chi connectivity index (χ4n) is 1.39. The van der Waals surface area contributed by atoms with E-state index in [-0.39, 0.29) is 5.75 Å². The minimum absolute atomic E-state index is 0.205. The Kier molecular flexibility index (Phi) is 1.59. The van der Waals surface area contributed by atoms with E-state index >= 15 is 0 Å². The molecular formula is C9H8O3. The van der Waals surface area contributed by atoms with Crippen molar-refractivity contribution < 1.29 is 14.6 Å². The molecule has 3 heteroatoms. The van der Waals surface area contributed by atoms with Crippen LogP contribution in [0.3, 0.4) is 0 Å². The van der Waals surface area contributed by atoms with E-state index in [4.69, 9.17) is 4.74 Å². The van der Waals surface area contributed by atoms with Crippen LogP contribution in [-0.2, 0) is 16.1 Å². The normalized spacial score (nSPS) is 20.5. The smallest absolute Gasteiger partial charge is 0.153 e. The highest BCUT2D eigenvalue weighted by atomic mass is 16.5. The summed E-state index contributed by atoms with van der Waals surface area (Å²) >= 11 is 0. The number of hydrogen-bond donors (Lipinski definition) is 1. The van der Waals surface area contributed by atoms with E-state index in [2.05, 4.69) is 0 Å². The average molecular weight is 164 g/mol. The molecule has 0 amide bonds. The van der Waals surface area contributed by atoms with Crippen LogP contribution < -0.4 is 0 Å². The lowest BCUT2D eigenvalue weighted by molar-refractivity contribution is -0.117. The SMILES string of the molecule is O=CC1OCc2c(O)cccc21. The Labute approximate surface area is 69.6 Å². The van der Waals surface area contributed by atoms with Gasteiger partial charge in [-0.2, -0.15) is 0 Å². The fraction of sp³-hybridized carbons (Fsp3) is 0.222. The van der Waals surface area contributed by atoms with Gasteiger partial charge < -0.3 is 14.6 Å². The lowest BCUT2D eigenvalue weighted by Crippen LogP contribution is -1.95. The van der Waals surface area contributed by atoms with Crippen LogP contribution in [0.15, 0.2) is 18.2 Å². The van der Waals surface area contributed by atoms with Crippen molar-refractivity contribution in [3.05, 3.63) is 29.3 Å². The summed E-state index contributed by atoms with van der Waals surface area (Å²) in [6.45, 7) is 0.325. The molecule has 12 heavy (non-hydrogen) atoms. The van der Waals surface area contributed by atoms with Gasteiger partial charge in [-0.1, -0.05) is 12.1 Å². The fourth-order valence-corrected chi connectivity index (χ4v) is 1.39. The van der Waals surface area contributed by atoms with E-state index < -0.39 is 6.10 Å². The quantitative estimate of drug-likeness (QED) is 0.633. The molecule has 1 aromatic rings. The van der Waals surface area contributed by atoms with Gasteiger partial charge in [0.05, 0.1) is 6.61 Å².